The fourth-order valence-electron chi connectivity index (χ4n) is 4.29. The van der Waals surface area contributed by atoms with Crippen LogP contribution < -0.4 is 5.32 Å². The summed E-state index contributed by atoms with van der Waals surface area (Å²) in [5.74, 6) is 0. The molecule has 98 valence electrons. The van der Waals surface area contributed by atoms with E-state index in [4.69, 9.17) is 0 Å². The van der Waals surface area contributed by atoms with Gasteiger partial charge >= 0.3 is 7.05 Å². The SMILES string of the molecule is CN[C@H]1C[C@]2(C)CCC[C@](C)([C@H]1F)N2B(C)O. The predicted molar refractivity (Wildman–Crippen MR) is 68.7 cm³/mol. The van der Waals surface area contributed by atoms with E-state index in [2.05, 4.69) is 12.2 Å². The third-order valence-electron chi connectivity index (χ3n) is 4.88. The molecule has 0 spiro atoms. The van der Waals surface area contributed by atoms with Gasteiger partial charge in [-0.05, 0) is 53.4 Å². The molecule has 2 rings (SSSR count). The highest BCUT2D eigenvalue weighted by atomic mass is 19.1. The summed E-state index contributed by atoms with van der Waals surface area (Å²) in [5, 5.41) is 13.1. The van der Waals surface area contributed by atoms with Gasteiger partial charge in [0.25, 0.3) is 0 Å². The van der Waals surface area contributed by atoms with Gasteiger partial charge in [0, 0.05) is 17.1 Å². The van der Waals surface area contributed by atoms with E-state index in [0.29, 0.717) is 0 Å². The van der Waals surface area contributed by atoms with Gasteiger partial charge in [0.05, 0.1) is 0 Å². The molecule has 2 bridgehead atoms. The van der Waals surface area contributed by atoms with E-state index < -0.39 is 18.8 Å². The van der Waals surface area contributed by atoms with Crippen LogP contribution in [-0.4, -0.2) is 47.2 Å². The first-order valence-electron chi connectivity index (χ1n) is 6.64. The Morgan fingerprint density at radius 3 is 2.59 bits per heavy atom. The van der Waals surface area contributed by atoms with E-state index in [1.165, 1.54) is 0 Å². The Kier molecular flexibility index (Phi) is 3.30. The van der Waals surface area contributed by atoms with Gasteiger partial charge in [-0.15, -0.1) is 0 Å². The molecule has 2 saturated heterocycles. The lowest BCUT2D eigenvalue weighted by atomic mass is 9.59. The summed E-state index contributed by atoms with van der Waals surface area (Å²) in [5.41, 5.74) is -0.621. The molecule has 2 heterocycles. The molecular weight excluding hydrogens is 218 g/mol. The number of halogens is 1. The zero-order chi connectivity index (χ0) is 12.8. The number of rotatable bonds is 2. The van der Waals surface area contributed by atoms with Crippen LogP contribution >= 0.6 is 0 Å². The standard InChI is InChI=1S/C12H24BFN2O/c1-11-6-5-7-12(2,16(11)13(3)17)10(14)9(8-11)15-4/h9-10,15,17H,5-8H2,1-4H3/t9-,10-,11-,12+/m0/s1. The highest BCUT2D eigenvalue weighted by Crippen LogP contribution is 2.49. The van der Waals surface area contributed by atoms with Crippen molar-refractivity contribution >= 4 is 7.05 Å². The molecule has 0 saturated carbocycles. The van der Waals surface area contributed by atoms with E-state index >= 15 is 0 Å². The molecule has 2 aliphatic heterocycles. The molecular formula is C12H24BFN2O. The van der Waals surface area contributed by atoms with Gasteiger partial charge in [-0.1, -0.05) is 0 Å². The Hall–Kier alpha value is -0.125. The lowest BCUT2D eigenvalue weighted by Crippen LogP contribution is -2.76. The average Bonchev–Trinajstić information content (AvgIpc) is 2.22. The van der Waals surface area contributed by atoms with E-state index in [1.807, 2.05) is 18.8 Å². The van der Waals surface area contributed by atoms with Gasteiger partial charge in [0.2, 0.25) is 0 Å². The summed E-state index contributed by atoms with van der Waals surface area (Å²) >= 11 is 0. The van der Waals surface area contributed by atoms with E-state index in [1.54, 1.807) is 6.82 Å². The lowest BCUT2D eigenvalue weighted by Gasteiger charge is -2.63. The summed E-state index contributed by atoms with van der Waals surface area (Å²) in [6, 6.07) is -0.0969. The Morgan fingerprint density at radius 2 is 2.06 bits per heavy atom. The monoisotopic (exact) mass is 242 g/mol. The Balaban J connectivity index is 2.40. The van der Waals surface area contributed by atoms with Crippen LogP contribution in [0.1, 0.15) is 39.5 Å². The number of nitrogens with one attached hydrogen (secondary N) is 1. The van der Waals surface area contributed by atoms with Crippen LogP contribution in [0.4, 0.5) is 4.39 Å². The first-order valence-corrected chi connectivity index (χ1v) is 6.64. The third-order valence-corrected chi connectivity index (χ3v) is 4.88. The molecule has 17 heavy (non-hydrogen) atoms. The van der Waals surface area contributed by atoms with Gasteiger partial charge in [-0.25, -0.2) is 4.39 Å². The molecule has 0 aromatic rings. The molecule has 0 amide bonds. The topological polar surface area (TPSA) is 35.5 Å². The van der Waals surface area contributed by atoms with Gasteiger partial charge in [0.1, 0.15) is 6.17 Å². The van der Waals surface area contributed by atoms with Crippen LogP contribution in [0.3, 0.4) is 0 Å². The van der Waals surface area contributed by atoms with Crippen molar-refractivity contribution < 1.29 is 9.41 Å². The van der Waals surface area contributed by atoms with Gasteiger partial charge in [-0.3, -0.25) is 0 Å². The first-order chi connectivity index (χ1) is 7.85. The smallest absolute Gasteiger partial charge is 0.377 e. The Morgan fingerprint density at radius 1 is 1.41 bits per heavy atom. The minimum atomic E-state index is -0.921. The van der Waals surface area contributed by atoms with Crippen LogP contribution in [-0.2, 0) is 0 Å². The van der Waals surface area contributed by atoms with Crippen molar-refractivity contribution in [2.45, 2.75) is 69.6 Å². The van der Waals surface area contributed by atoms with Crippen molar-refractivity contribution in [3.05, 3.63) is 0 Å². The van der Waals surface area contributed by atoms with Crippen molar-refractivity contribution in [2.24, 2.45) is 0 Å². The minimum Gasteiger partial charge on any atom is -0.437 e. The van der Waals surface area contributed by atoms with Gasteiger partial charge in [-0.2, -0.15) is 0 Å². The molecule has 0 aromatic heterocycles. The molecule has 4 atom stereocenters. The van der Waals surface area contributed by atoms with Crippen molar-refractivity contribution in [3.8, 4) is 0 Å². The maximum Gasteiger partial charge on any atom is 0.377 e. The number of nitrogens with zero attached hydrogens (tertiary/aromatic N) is 1. The Bertz CT molecular complexity index is 304. The molecule has 0 aromatic carbocycles. The largest absolute Gasteiger partial charge is 0.437 e. The van der Waals surface area contributed by atoms with Crippen molar-refractivity contribution in [2.75, 3.05) is 7.05 Å². The second-order valence-electron chi connectivity index (χ2n) is 6.21. The number of hydrogen-bond donors (Lipinski definition) is 2. The fourth-order valence-corrected chi connectivity index (χ4v) is 4.29. The highest BCUT2D eigenvalue weighted by molar-refractivity contribution is 6.45. The first kappa shape index (κ1) is 13.3. The van der Waals surface area contributed by atoms with Crippen LogP contribution in [0, 0.1) is 0 Å². The molecule has 2 N–H and O–H groups in total. The summed E-state index contributed by atoms with van der Waals surface area (Å²) in [7, 11) is 1.25. The van der Waals surface area contributed by atoms with E-state index in [0.717, 1.165) is 25.7 Å². The summed E-state index contributed by atoms with van der Waals surface area (Å²) in [6.07, 6.45) is 2.76. The normalized spacial score (nSPS) is 46.9. The average molecular weight is 242 g/mol. The molecule has 0 radical (unpaired) electrons. The van der Waals surface area contributed by atoms with Crippen molar-refractivity contribution in [1.29, 1.82) is 0 Å². The quantitative estimate of drug-likeness (QED) is 0.719. The maximum atomic E-state index is 14.7. The van der Waals surface area contributed by atoms with E-state index in [-0.39, 0.29) is 11.6 Å². The number of piperidine rings is 2. The minimum absolute atomic E-state index is 0.0859. The van der Waals surface area contributed by atoms with Crippen LogP contribution in [0.25, 0.3) is 0 Å². The van der Waals surface area contributed by atoms with Gasteiger partial charge < -0.3 is 15.2 Å². The molecule has 3 nitrogen and oxygen atoms in total. The summed E-state index contributed by atoms with van der Waals surface area (Å²) in [6.45, 7) is 5.88. The Labute approximate surface area is 104 Å². The van der Waals surface area contributed by atoms with E-state index in [9.17, 15) is 9.41 Å². The predicted octanol–water partition coefficient (Wildman–Crippen LogP) is 1.43. The van der Waals surface area contributed by atoms with Crippen molar-refractivity contribution in [1.82, 2.24) is 10.1 Å². The maximum absolute atomic E-state index is 14.7. The zero-order valence-electron chi connectivity index (χ0n) is 11.3. The second-order valence-corrected chi connectivity index (χ2v) is 6.21. The van der Waals surface area contributed by atoms with Crippen LogP contribution in [0.2, 0.25) is 6.82 Å². The molecule has 0 aliphatic carbocycles. The van der Waals surface area contributed by atoms with Crippen LogP contribution in [0.5, 0.6) is 0 Å². The number of alkyl halides is 1. The third kappa shape index (κ3) is 1.83. The summed E-state index contributed by atoms with van der Waals surface area (Å²) in [4.78, 5) is 2.02. The molecule has 0 unspecified atom stereocenters. The fraction of sp³-hybridized carbons (Fsp3) is 1.00. The van der Waals surface area contributed by atoms with Gasteiger partial charge in [0.15, 0.2) is 0 Å². The highest BCUT2D eigenvalue weighted by Gasteiger charge is 2.59. The van der Waals surface area contributed by atoms with Crippen LogP contribution in [0.15, 0.2) is 0 Å². The lowest BCUT2D eigenvalue weighted by molar-refractivity contribution is -0.0943. The summed E-state index contributed by atoms with van der Waals surface area (Å²) < 4.78 is 14.7. The van der Waals surface area contributed by atoms with Crippen molar-refractivity contribution in [3.63, 3.8) is 0 Å². The second kappa shape index (κ2) is 4.21. The number of hydrogen-bond acceptors (Lipinski definition) is 3. The molecule has 2 fully saturated rings. The molecule has 5 heteroatoms. The number of fused-ring (bicyclic) bond motifs is 2. The zero-order valence-corrected chi connectivity index (χ0v) is 11.3. The molecule has 2 aliphatic rings.